The summed E-state index contributed by atoms with van der Waals surface area (Å²) in [5.41, 5.74) is 0.425. The molecule has 8 nitrogen and oxygen atoms in total. The molecule has 0 aliphatic carbocycles. The van der Waals surface area contributed by atoms with Crippen LogP contribution in [-0.4, -0.2) is 76.8 Å². The Hall–Kier alpha value is -1.33. The van der Waals surface area contributed by atoms with Crippen LogP contribution < -0.4 is 0 Å². The van der Waals surface area contributed by atoms with Gasteiger partial charge in [0.25, 0.3) is 0 Å². The molecule has 9 heteroatoms. The van der Waals surface area contributed by atoms with Crippen LogP contribution in [0.3, 0.4) is 0 Å². The van der Waals surface area contributed by atoms with Gasteiger partial charge in [0.1, 0.15) is 6.10 Å². The summed E-state index contributed by atoms with van der Waals surface area (Å²) < 4.78 is 43.8. The number of benzene rings is 1. The number of esters is 1. The Kier molecular flexibility index (Phi) is 10.9. The second kappa shape index (κ2) is 13.8. The third kappa shape index (κ3) is 7.94. The molecule has 3 heterocycles. The van der Waals surface area contributed by atoms with Crippen molar-refractivity contribution in [2.45, 2.75) is 127 Å². The highest BCUT2D eigenvalue weighted by atomic mass is 28.4. The van der Waals surface area contributed by atoms with Gasteiger partial charge < -0.3 is 32.8 Å². The van der Waals surface area contributed by atoms with Crippen molar-refractivity contribution in [1.82, 2.24) is 0 Å². The maximum absolute atomic E-state index is 12.9. The summed E-state index contributed by atoms with van der Waals surface area (Å²) in [6.45, 7) is 14.2. The minimum Gasteiger partial charge on any atom is -0.467 e. The molecular formula is C31H50O8Si. The van der Waals surface area contributed by atoms with Crippen LogP contribution in [0, 0.1) is 5.92 Å². The Bertz CT molecular complexity index is 939. The minimum absolute atomic E-state index is 0.0211. The third-order valence-corrected chi connectivity index (χ3v) is 9.45. The maximum Gasteiger partial charge on any atom is 0.334 e. The first-order chi connectivity index (χ1) is 19.0. The molecule has 3 aliphatic heterocycles. The summed E-state index contributed by atoms with van der Waals surface area (Å²) in [6, 6.07) is 10.0. The fraction of sp³-hybridized carbons (Fsp3) is 0.774. The minimum atomic E-state index is -1.95. The molecule has 9 atom stereocenters. The standard InChI is InChI=1S/C31H50O8Si/c1-8-21(2)28-23(15-12-18-34-28)36-24(29(32)33-4)16-17-27-31(3,39-40(5,6)7)19-25-26(37-27)20-35-30(38-25)22-13-10-9-11-14-22/h9-11,13-14,21,23-28,30H,8,12,15-20H2,1-7H3/t21-,23+,24+,25+,26-,27+,28-,30-,31-/m1/s1. The van der Waals surface area contributed by atoms with Crippen molar-refractivity contribution in [2.24, 2.45) is 5.92 Å². The SMILES string of the molecule is CC[C@@H](C)[C@H]1OCCC[C@@H]1O[C@@H](CC[C@@H]1O[C@@H]2CO[C@@H](c3ccccc3)O[C@H]2C[C@@]1(C)O[Si](C)(C)C)C(=O)OC. The Morgan fingerprint density at radius 1 is 1.12 bits per heavy atom. The van der Waals surface area contributed by atoms with Crippen LogP contribution in [0.25, 0.3) is 0 Å². The molecule has 0 saturated carbocycles. The van der Waals surface area contributed by atoms with E-state index in [0.29, 0.717) is 31.8 Å². The lowest BCUT2D eigenvalue weighted by molar-refractivity contribution is -0.314. The third-order valence-electron chi connectivity index (χ3n) is 8.37. The molecule has 1 aromatic carbocycles. The van der Waals surface area contributed by atoms with Gasteiger partial charge in [-0.05, 0) is 58.2 Å². The van der Waals surface area contributed by atoms with Crippen LogP contribution >= 0.6 is 0 Å². The number of ether oxygens (including phenoxy) is 6. The molecule has 40 heavy (non-hydrogen) atoms. The molecule has 3 saturated heterocycles. The highest BCUT2D eigenvalue weighted by Crippen LogP contribution is 2.42. The number of rotatable bonds is 11. The van der Waals surface area contributed by atoms with Crippen LogP contribution in [0.5, 0.6) is 0 Å². The van der Waals surface area contributed by atoms with Gasteiger partial charge in [-0.2, -0.15) is 0 Å². The van der Waals surface area contributed by atoms with Crippen LogP contribution in [0.2, 0.25) is 19.6 Å². The van der Waals surface area contributed by atoms with E-state index in [4.69, 9.17) is 32.8 Å². The van der Waals surface area contributed by atoms with Gasteiger partial charge in [0.15, 0.2) is 20.7 Å². The summed E-state index contributed by atoms with van der Waals surface area (Å²) in [5, 5.41) is 0. The van der Waals surface area contributed by atoms with Gasteiger partial charge in [-0.3, -0.25) is 0 Å². The smallest absolute Gasteiger partial charge is 0.334 e. The molecule has 0 aromatic heterocycles. The van der Waals surface area contributed by atoms with Crippen LogP contribution in [0.4, 0.5) is 0 Å². The summed E-state index contributed by atoms with van der Waals surface area (Å²) in [5.74, 6) is -0.00771. The highest BCUT2D eigenvalue weighted by Gasteiger charge is 2.51. The first kappa shape index (κ1) is 31.6. The molecule has 0 unspecified atom stereocenters. The van der Waals surface area contributed by atoms with Crippen LogP contribution in [-0.2, 0) is 37.6 Å². The Balaban J connectivity index is 1.47. The Morgan fingerprint density at radius 2 is 1.88 bits per heavy atom. The largest absolute Gasteiger partial charge is 0.467 e. The van der Waals surface area contributed by atoms with Crippen LogP contribution in [0.1, 0.15) is 71.1 Å². The molecule has 3 aliphatic rings. The molecule has 0 amide bonds. The van der Waals surface area contributed by atoms with Gasteiger partial charge >= 0.3 is 5.97 Å². The van der Waals surface area contributed by atoms with Gasteiger partial charge in [-0.15, -0.1) is 0 Å². The first-order valence-corrected chi connectivity index (χ1v) is 18.5. The van der Waals surface area contributed by atoms with E-state index in [1.807, 2.05) is 30.3 Å². The molecule has 4 rings (SSSR count). The Morgan fingerprint density at radius 3 is 2.55 bits per heavy atom. The van der Waals surface area contributed by atoms with Gasteiger partial charge in [0.05, 0.1) is 43.7 Å². The molecule has 0 radical (unpaired) electrons. The van der Waals surface area contributed by atoms with E-state index in [1.165, 1.54) is 7.11 Å². The number of carbonyl (C=O) groups excluding carboxylic acids is 1. The lowest BCUT2D eigenvalue weighted by atomic mass is 9.83. The highest BCUT2D eigenvalue weighted by molar-refractivity contribution is 6.69. The van der Waals surface area contributed by atoms with E-state index in [9.17, 15) is 4.79 Å². The normalized spacial score (nSPS) is 34.5. The van der Waals surface area contributed by atoms with Crippen molar-refractivity contribution >= 4 is 14.3 Å². The summed E-state index contributed by atoms with van der Waals surface area (Å²) in [7, 11) is -0.530. The number of hydrogen-bond donors (Lipinski definition) is 0. The molecule has 0 bridgehead atoms. The predicted molar refractivity (Wildman–Crippen MR) is 154 cm³/mol. The zero-order valence-electron chi connectivity index (χ0n) is 25.4. The lowest BCUT2D eigenvalue weighted by Gasteiger charge is -2.52. The number of carbonyl (C=O) groups is 1. The van der Waals surface area contributed by atoms with E-state index in [1.54, 1.807) is 0 Å². The number of methoxy groups -OCH3 is 1. The molecule has 3 fully saturated rings. The van der Waals surface area contributed by atoms with E-state index in [0.717, 1.165) is 31.4 Å². The molecule has 0 N–H and O–H groups in total. The second-order valence-corrected chi connectivity index (χ2v) is 17.2. The first-order valence-electron chi connectivity index (χ1n) is 15.1. The van der Waals surface area contributed by atoms with Crippen LogP contribution in [0.15, 0.2) is 30.3 Å². The second-order valence-electron chi connectivity index (χ2n) is 12.8. The molecule has 0 spiro atoms. The van der Waals surface area contributed by atoms with E-state index in [-0.39, 0.29) is 36.5 Å². The summed E-state index contributed by atoms with van der Waals surface area (Å²) in [6.07, 6.45) is 2.66. The quantitative estimate of drug-likeness (QED) is 0.241. The van der Waals surface area contributed by atoms with Crippen molar-refractivity contribution in [3.05, 3.63) is 35.9 Å². The van der Waals surface area contributed by atoms with Gasteiger partial charge in [0.2, 0.25) is 0 Å². The van der Waals surface area contributed by atoms with E-state index in [2.05, 4.69) is 40.4 Å². The lowest BCUT2D eigenvalue weighted by Crippen LogP contribution is -2.61. The average Bonchev–Trinajstić information content (AvgIpc) is 2.93. The topological polar surface area (TPSA) is 81.7 Å². The van der Waals surface area contributed by atoms with Crippen molar-refractivity contribution in [3.63, 3.8) is 0 Å². The van der Waals surface area contributed by atoms with E-state index < -0.39 is 26.3 Å². The fourth-order valence-corrected chi connectivity index (χ4v) is 7.92. The van der Waals surface area contributed by atoms with Crippen molar-refractivity contribution in [1.29, 1.82) is 0 Å². The predicted octanol–water partition coefficient (Wildman–Crippen LogP) is 5.80. The number of hydrogen-bond acceptors (Lipinski definition) is 8. The van der Waals surface area contributed by atoms with Crippen molar-refractivity contribution < 1.29 is 37.6 Å². The van der Waals surface area contributed by atoms with Crippen molar-refractivity contribution in [3.8, 4) is 0 Å². The zero-order chi connectivity index (χ0) is 28.9. The Labute approximate surface area is 241 Å². The zero-order valence-corrected chi connectivity index (χ0v) is 26.4. The van der Waals surface area contributed by atoms with Crippen molar-refractivity contribution in [2.75, 3.05) is 20.3 Å². The summed E-state index contributed by atoms with van der Waals surface area (Å²) in [4.78, 5) is 12.9. The van der Waals surface area contributed by atoms with E-state index >= 15 is 0 Å². The van der Waals surface area contributed by atoms with Gasteiger partial charge in [-0.1, -0.05) is 50.6 Å². The fourth-order valence-electron chi connectivity index (χ4n) is 6.30. The molecular weight excluding hydrogens is 528 g/mol. The number of fused-ring (bicyclic) bond motifs is 1. The summed E-state index contributed by atoms with van der Waals surface area (Å²) >= 11 is 0. The average molecular weight is 579 g/mol. The van der Waals surface area contributed by atoms with Gasteiger partial charge in [-0.25, -0.2) is 4.79 Å². The monoisotopic (exact) mass is 578 g/mol. The maximum atomic E-state index is 12.9. The molecule has 226 valence electrons. The van der Waals surface area contributed by atoms with Gasteiger partial charge in [0, 0.05) is 18.6 Å². The molecule has 1 aromatic rings.